The number of hydrogen-bond donors (Lipinski definition) is 1. The second-order valence-corrected chi connectivity index (χ2v) is 6.32. The van der Waals surface area contributed by atoms with Crippen molar-refractivity contribution in [2.24, 2.45) is 0 Å². The molecule has 1 saturated heterocycles. The molecule has 1 aliphatic heterocycles. The third-order valence-electron chi connectivity index (χ3n) is 3.84. The van der Waals surface area contributed by atoms with E-state index < -0.39 is 0 Å². The third-order valence-corrected chi connectivity index (χ3v) is 4.34. The molecule has 1 aromatic carbocycles. The van der Waals surface area contributed by atoms with Gasteiger partial charge in [-0.25, -0.2) is 4.39 Å². The predicted molar refractivity (Wildman–Crippen MR) is 82.2 cm³/mol. The predicted octanol–water partition coefficient (Wildman–Crippen LogP) is 3.79. The van der Waals surface area contributed by atoms with Gasteiger partial charge in [0.1, 0.15) is 5.82 Å². The highest BCUT2D eigenvalue weighted by atomic mass is 79.9. The number of anilines is 1. The Bertz CT molecular complexity index is 485. The maximum atomic E-state index is 13.7. The minimum atomic E-state index is -0.355. The molecule has 1 N–H and O–H groups in total. The number of carbonyl (C=O) groups excluding carboxylic acids is 1. The zero-order valence-electron chi connectivity index (χ0n) is 11.8. The molecule has 2 rings (SSSR count). The molecular formula is C15H20BrFN2O. The van der Waals surface area contributed by atoms with Crippen LogP contribution in [-0.2, 0) is 4.79 Å². The van der Waals surface area contributed by atoms with Crippen LogP contribution in [0.1, 0.15) is 33.1 Å². The van der Waals surface area contributed by atoms with Gasteiger partial charge >= 0.3 is 0 Å². The van der Waals surface area contributed by atoms with Gasteiger partial charge in [0.15, 0.2) is 0 Å². The number of amides is 1. The number of piperidine rings is 1. The minimum absolute atomic E-state index is 0.0343. The number of benzene rings is 1. The highest BCUT2D eigenvalue weighted by Crippen LogP contribution is 2.23. The monoisotopic (exact) mass is 342 g/mol. The second kappa shape index (κ2) is 6.57. The molecule has 3 nitrogen and oxygen atoms in total. The summed E-state index contributed by atoms with van der Waals surface area (Å²) in [5, 5.41) is 2.89. The fourth-order valence-electron chi connectivity index (χ4n) is 2.81. The van der Waals surface area contributed by atoms with E-state index in [-0.39, 0.29) is 30.4 Å². The summed E-state index contributed by atoms with van der Waals surface area (Å²) in [5.74, 6) is -0.320. The Balaban J connectivity index is 1.97. The fraction of sp³-hybridized carbons (Fsp3) is 0.533. The van der Waals surface area contributed by atoms with Gasteiger partial charge in [0.2, 0.25) is 5.91 Å². The lowest BCUT2D eigenvalue weighted by Crippen LogP contribution is -2.49. The van der Waals surface area contributed by atoms with Crippen molar-refractivity contribution in [1.82, 2.24) is 4.90 Å². The Morgan fingerprint density at radius 1 is 1.40 bits per heavy atom. The zero-order valence-corrected chi connectivity index (χ0v) is 13.4. The number of hydrogen-bond acceptors (Lipinski definition) is 2. The van der Waals surface area contributed by atoms with Crippen molar-refractivity contribution < 1.29 is 9.18 Å². The summed E-state index contributed by atoms with van der Waals surface area (Å²) in [4.78, 5) is 14.2. The van der Waals surface area contributed by atoms with E-state index in [9.17, 15) is 9.18 Å². The van der Waals surface area contributed by atoms with E-state index in [0.717, 1.165) is 12.8 Å². The molecule has 5 heteroatoms. The number of nitrogens with zero attached hydrogens (tertiary/aromatic N) is 1. The number of likely N-dealkylation sites (tertiary alicyclic amines) is 1. The standard InChI is InChI=1S/C15H20BrFN2O/c1-10-4-3-5-11(2)19(10)15(20)9-18-14-7-6-12(16)8-13(14)17/h6-8,10-11,18H,3-5,9H2,1-2H3. The summed E-state index contributed by atoms with van der Waals surface area (Å²) in [6, 6.07) is 5.31. The number of nitrogens with one attached hydrogen (secondary N) is 1. The summed E-state index contributed by atoms with van der Waals surface area (Å²) < 4.78 is 14.4. The molecule has 0 aliphatic carbocycles. The van der Waals surface area contributed by atoms with Crippen LogP contribution in [0.3, 0.4) is 0 Å². The molecule has 1 amide bonds. The Labute approximate surface area is 127 Å². The van der Waals surface area contributed by atoms with E-state index in [1.807, 2.05) is 4.90 Å². The molecule has 1 aromatic rings. The molecule has 1 aliphatic rings. The normalized spacial score (nSPS) is 22.7. The van der Waals surface area contributed by atoms with Crippen LogP contribution in [0.5, 0.6) is 0 Å². The van der Waals surface area contributed by atoms with Gasteiger partial charge in [0.25, 0.3) is 0 Å². The molecule has 2 unspecified atom stereocenters. The van der Waals surface area contributed by atoms with Crippen LogP contribution in [0.15, 0.2) is 22.7 Å². The lowest BCUT2D eigenvalue weighted by molar-refractivity contribution is -0.135. The molecule has 1 fully saturated rings. The van der Waals surface area contributed by atoms with Crippen LogP contribution in [0, 0.1) is 5.82 Å². The fourth-order valence-corrected chi connectivity index (χ4v) is 3.14. The van der Waals surface area contributed by atoms with E-state index in [1.54, 1.807) is 12.1 Å². The van der Waals surface area contributed by atoms with Crippen LogP contribution >= 0.6 is 15.9 Å². The molecule has 110 valence electrons. The first-order valence-electron chi connectivity index (χ1n) is 6.99. The summed E-state index contributed by atoms with van der Waals surface area (Å²) in [6.45, 7) is 4.29. The van der Waals surface area contributed by atoms with Crippen LogP contribution in [0.4, 0.5) is 10.1 Å². The summed E-state index contributed by atoms with van der Waals surface area (Å²) >= 11 is 3.21. The average Bonchev–Trinajstić information content (AvgIpc) is 2.37. The Kier molecular flexibility index (Phi) is 5.02. The van der Waals surface area contributed by atoms with E-state index in [1.165, 1.54) is 12.5 Å². The Morgan fingerprint density at radius 2 is 2.05 bits per heavy atom. The molecule has 0 aromatic heterocycles. The van der Waals surface area contributed by atoms with Crippen molar-refractivity contribution >= 4 is 27.5 Å². The van der Waals surface area contributed by atoms with Gasteiger partial charge in [-0.15, -0.1) is 0 Å². The zero-order chi connectivity index (χ0) is 14.7. The number of carbonyl (C=O) groups is 1. The maximum absolute atomic E-state index is 13.7. The third kappa shape index (κ3) is 3.51. The van der Waals surface area contributed by atoms with E-state index >= 15 is 0 Å². The molecular weight excluding hydrogens is 323 g/mol. The van der Waals surface area contributed by atoms with Gasteiger partial charge in [-0.3, -0.25) is 4.79 Å². The Hall–Kier alpha value is -1.10. The molecule has 0 bridgehead atoms. The van der Waals surface area contributed by atoms with Gasteiger partial charge in [0.05, 0.1) is 12.2 Å². The Morgan fingerprint density at radius 3 is 2.65 bits per heavy atom. The van der Waals surface area contributed by atoms with Crippen molar-refractivity contribution in [2.45, 2.75) is 45.2 Å². The number of halogens is 2. The smallest absolute Gasteiger partial charge is 0.242 e. The highest BCUT2D eigenvalue weighted by Gasteiger charge is 2.28. The highest BCUT2D eigenvalue weighted by molar-refractivity contribution is 9.10. The van der Waals surface area contributed by atoms with Crippen LogP contribution in [0.2, 0.25) is 0 Å². The van der Waals surface area contributed by atoms with Crippen LogP contribution in [-0.4, -0.2) is 29.4 Å². The van der Waals surface area contributed by atoms with Gasteiger partial charge in [0, 0.05) is 16.6 Å². The van der Waals surface area contributed by atoms with Gasteiger partial charge < -0.3 is 10.2 Å². The topological polar surface area (TPSA) is 32.3 Å². The maximum Gasteiger partial charge on any atom is 0.242 e. The molecule has 20 heavy (non-hydrogen) atoms. The van der Waals surface area contributed by atoms with E-state index in [4.69, 9.17) is 0 Å². The average molecular weight is 343 g/mol. The quantitative estimate of drug-likeness (QED) is 0.906. The van der Waals surface area contributed by atoms with Crippen molar-refractivity contribution in [2.75, 3.05) is 11.9 Å². The van der Waals surface area contributed by atoms with Crippen molar-refractivity contribution in [3.63, 3.8) is 0 Å². The van der Waals surface area contributed by atoms with E-state index in [0.29, 0.717) is 10.2 Å². The molecule has 0 saturated carbocycles. The van der Waals surface area contributed by atoms with Gasteiger partial charge in [-0.05, 0) is 51.3 Å². The lowest BCUT2D eigenvalue weighted by Gasteiger charge is -2.39. The summed E-state index contributed by atoms with van der Waals surface area (Å²) in [6.07, 6.45) is 3.26. The second-order valence-electron chi connectivity index (χ2n) is 5.41. The van der Waals surface area contributed by atoms with Gasteiger partial charge in [-0.1, -0.05) is 15.9 Å². The van der Waals surface area contributed by atoms with Crippen molar-refractivity contribution in [3.8, 4) is 0 Å². The molecule has 0 radical (unpaired) electrons. The van der Waals surface area contributed by atoms with Crippen molar-refractivity contribution in [1.29, 1.82) is 0 Å². The number of rotatable bonds is 3. The first-order chi connectivity index (χ1) is 9.49. The van der Waals surface area contributed by atoms with Crippen LogP contribution < -0.4 is 5.32 Å². The first kappa shape index (κ1) is 15.3. The lowest BCUT2D eigenvalue weighted by atomic mass is 9.97. The molecule has 2 atom stereocenters. The minimum Gasteiger partial charge on any atom is -0.374 e. The van der Waals surface area contributed by atoms with Crippen LogP contribution in [0.25, 0.3) is 0 Å². The largest absolute Gasteiger partial charge is 0.374 e. The summed E-state index contributed by atoms with van der Waals surface area (Å²) in [7, 11) is 0. The van der Waals surface area contributed by atoms with Gasteiger partial charge in [-0.2, -0.15) is 0 Å². The molecule has 0 spiro atoms. The molecule has 1 heterocycles. The van der Waals surface area contributed by atoms with E-state index in [2.05, 4.69) is 35.1 Å². The SMILES string of the molecule is CC1CCCC(C)N1C(=O)CNc1ccc(Br)cc1F. The summed E-state index contributed by atoms with van der Waals surface area (Å²) in [5.41, 5.74) is 0.360. The first-order valence-corrected chi connectivity index (χ1v) is 7.78. The van der Waals surface area contributed by atoms with Crippen molar-refractivity contribution in [3.05, 3.63) is 28.5 Å².